The summed E-state index contributed by atoms with van der Waals surface area (Å²) in [5.74, 6) is -1.69. The zero-order chi connectivity index (χ0) is 8.43. The van der Waals surface area contributed by atoms with Crippen molar-refractivity contribution in [2.75, 3.05) is 5.73 Å². The lowest BCUT2D eigenvalue weighted by Gasteiger charge is -1.93. The summed E-state index contributed by atoms with van der Waals surface area (Å²) in [6.07, 6.45) is 0.817. The van der Waals surface area contributed by atoms with Crippen molar-refractivity contribution in [1.82, 2.24) is 9.97 Å². The Hall–Kier alpha value is -1.79. The van der Waals surface area contributed by atoms with E-state index in [0.717, 1.165) is 6.33 Å². The van der Waals surface area contributed by atoms with Crippen LogP contribution in [-0.2, 0) is 0 Å². The first kappa shape index (κ1) is 7.32. The van der Waals surface area contributed by atoms with E-state index in [0.29, 0.717) is 0 Å². The molecular formula is C4H3FN4O2. The fraction of sp³-hybridized carbons (Fsp3) is 0. The van der Waals surface area contributed by atoms with Gasteiger partial charge in [0.2, 0.25) is 5.82 Å². The van der Waals surface area contributed by atoms with Gasteiger partial charge in [-0.3, -0.25) is 10.1 Å². The maximum Gasteiger partial charge on any atom is 0.365 e. The molecule has 0 aromatic carbocycles. The predicted octanol–water partition coefficient (Wildman–Crippen LogP) is 0.106. The van der Waals surface area contributed by atoms with E-state index in [1.54, 1.807) is 0 Å². The maximum absolute atomic E-state index is 12.4. The van der Waals surface area contributed by atoms with E-state index in [2.05, 4.69) is 9.97 Å². The number of nitrogen functional groups attached to an aromatic ring is 1. The van der Waals surface area contributed by atoms with E-state index in [-0.39, 0.29) is 0 Å². The van der Waals surface area contributed by atoms with Gasteiger partial charge in [0.15, 0.2) is 0 Å². The second-order valence-corrected chi connectivity index (χ2v) is 1.66. The van der Waals surface area contributed by atoms with Crippen molar-refractivity contribution >= 4 is 11.5 Å². The molecule has 0 amide bonds. The number of nitro groups is 1. The van der Waals surface area contributed by atoms with Crippen molar-refractivity contribution in [2.45, 2.75) is 0 Å². The molecule has 1 rings (SSSR count). The number of hydrogen-bond acceptors (Lipinski definition) is 5. The van der Waals surface area contributed by atoms with Crippen LogP contribution in [0.25, 0.3) is 0 Å². The van der Waals surface area contributed by atoms with Crippen LogP contribution in [0.4, 0.5) is 15.9 Å². The minimum Gasteiger partial charge on any atom is -0.378 e. The Balaban J connectivity index is 3.32. The summed E-state index contributed by atoms with van der Waals surface area (Å²) in [5, 5.41) is 10.0. The Kier molecular flexibility index (Phi) is 1.63. The topological polar surface area (TPSA) is 94.9 Å². The Labute approximate surface area is 60.0 Å². The molecule has 11 heavy (non-hydrogen) atoms. The Morgan fingerprint density at radius 2 is 2.27 bits per heavy atom. The van der Waals surface area contributed by atoms with Gasteiger partial charge < -0.3 is 5.73 Å². The van der Waals surface area contributed by atoms with Gasteiger partial charge in [-0.15, -0.1) is 0 Å². The molecule has 0 spiro atoms. The van der Waals surface area contributed by atoms with Crippen LogP contribution >= 0.6 is 0 Å². The highest BCUT2D eigenvalue weighted by molar-refractivity contribution is 5.50. The zero-order valence-electron chi connectivity index (χ0n) is 5.19. The van der Waals surface area contributed by atoms with Crippen molar-refractivity contribution < 1.29 is 9.31 Å². The van der Waals surface area contributed by atoms with Crippen LogP contribution in [-0.4, -0.2) is 14.9 Å². The highest BCUT2D eigenvalue weighted by Gasteiger charge is 2.20. The van der Waals surface area contributed by atoms with Gasteiger partial charge in [0.1, 0.15) is 6.33 Å². The first-order valence-electron chi connectivity index (χ1n) is 2.53. The van der Waals surface area contributed by atoms with Crippen molar-refractivity contribution in [3.05, 3.63) is 22.4 Å². The normalized spacial score (nSPS) is 9.55. The molecule has 0 unspecified atom stereocenters. The monoisotopic (exact) mass is 158 g/mol. The molecule has 0 aliphatic heterocycles. The van der Waals surface area contributed by atoms with Crippen LogP contribution in [0.5, 0.6) is 0 Å². The van der Waals surface area contributed by atoms with Crippen LogP contribution in [0.1, 0.15) is 0 Å². The lowest BCUT2D eigenvalue weighted by molar-refractivity contribution is -0.387. The Morgan fingerprint density at radius 3 is 2.64 bits per heavy atom. The van der Waals surface area contributed by atoms with Crippen molar-refractivity contribution in [3.8, 4) is 0 Å². The van der Waals surface area contributed by atoms with Gasteiger partial charge in [-0.1, -0.05) is 0 Å². The van der Waals surface area contributed by atoms with Crippen LogP contribution in [0, 0.1) is 16.1 Å². The summed E-state index contributed by atoms with van der Waals surface area (Å²) in [4.78, 5) is 15.3. The van der Waals surface area contributed by atoms with Gasteiger partial charge in [-0.25, -0.2) is 9.97 Å². The van der Waals surface area contributed by atoms with Gasteiger partial charge in [0.05, 0.1) is 4.92 Å². The third-order valence-electron chi connectivity index (χ3n) is 0.988. The molecule has 7 heteroatoms. The molecule has 1 aromatic heterocycles. The van der Waals surface area contributed by atoms with Crippen LogP contribution < -0.4 is 5.73 Å². The lowest BCUT2D eigenvalue weighted by Crippen LogP contribution is -2.02. The molecule has 0 radical (unpaired) electrons. The number of nitrogens with zero attached hydrogens (tertiary/aromatic N) is 3. The Bertz CT molecular complexity index is 282. The highest BCUT2D eigenvalue weighted by atomic mass is 19.1. The molecular weight excluding hydrogens is 155 g/mol. The van der Waals surface area contributed by atoms with E-state index < -0.39 is 22.4 Å². The van der Waals surface area contributed by atoms with Gasteiger partial charge in [-0.05, 0) is 0 Å². The molecule has 0 bridgehead atoms. The summed E-state index contributed by atoms with van der Waals surface area (Å²) >= 11 is 0. The number of anilines is 1. The molecule has 0 saturated heterocycles. The lowest BCUT2D eigenvalue weighted by atomic mass is 10.5. The summed E-state index contributed by atoms with van der Waals surface area (Å²) in [7, 11) is 0. The van der Waals surface area contributed by atoms with Gasteiger partial charge in [0.25, 0.3) is 5.95 Å². The fourth-order valence-corrected chi connectivity index (χ4v) is 0.539. The molecule has 0 fully saturated rings. The van der Waals surface area contributed by atoms with E-state index in [1.807, 2.05) is 0 Å². The van der Waals surface area contributed by atoms with E-state index in [4.69, 9.17) is 5.73 Å². The van der Waals surface area contributed by atoms with Crippen LogP contribution in [0.3, 0.4) is 0 Å². The standard InChI is InChI=1S/C4H3FN4O2/c5-3-2(9(10)11)4(6)8-1-7-3/h1H,(H2,6,7,8). The van der Waals surface area contributed by atoms with E-state index >= 15 is 0 Å². The number of nitrogens with two attached hydrogens (primary N) is 1. The third kappa shape index (κ3) is 1.20. The Morgan fingerprint density at radius 1 is 1.64 bits per heavy atom. The SMILES string of the molecule is Nc1ncnc(F)c1[N+](=O)[O-]. The second-order valence-electron chi connectivity index (χ2n) is 1.66. The molecule has 1 heterocycles. The summed E-state index contributed by atoms with van der Waals surface area (Å²) < 4.78 is 12.4. The fourth-order valence-electron chi connectivity index (χ4n) is 0.539. The molecule has 0 saturated carbocycles. The highest BCUT2D eigenvalue weighted by Crippen LogP contribution is 2.19. The zero-order valence-corrected chi connectivity index (χ0v) is 5.19. The third-order valence-corrected chi connectivity index (χ3v) is 0.988. The molecule has 58 valence electrons. The molecule has 0 atom stereocenters. The first-order valence-corrected chi connectivity index (χ1v) is 2.53. The summed E-state index contributed by atoms with van der Waals surface area (Å²) in [6, 6.07) is 0. The van der Waals surface area contributed by atoms with E-state index in [1.165, 1.54) is 0 Å². The van der Waals surface area contributed by atoms with Crippen LogP contribution in [0.2, 0.25) is 0 Å². The van der Waals surface area contributed by atoms with Crippen molar-refractivity contribution in [2.24, 2.45) is 0 Å². The first-order chi connectivity index (χ1) is 5.13. The summed E-state index contributed by atoms with van der Waals surface area (Å²) in [6.45, 7) is 0. The minimum atomic E-state index is -1.22. The number of aromatic nitrogens is 2. The molecule has 2 N–H and O–H groups in total. The van der Waals surface area contributed by atoms with Gasteiger partial charge in [0, 0.05) is 0 Å². The quantitative estimate of drug-likeness (QED) is 0.355. The predicted molar refractivity (Wildman–Crippen MR) is 33.1 cm³/mol. The molecule has 0 aliphatic rings. The van der Waals surface area contributed by atoms with Gasteiger partial charge in [-0.2, -0.15) is 4.39 Å². The number of rotatable bonds is 1. The average Bonchev–Trinajstić information content (AvgIpc) is 1.85. The maximum atomic E-state index is 12.4. The van der Waals surface area contributed by atoms with Crippen LogP contribution in [0.15, 0.2) is 6.33 Å². The largest absolute Gasteiger partial charge is 0.378 e. The van der Waals surface area contributed by atoms with E-state index in [9.17, 15) is 14.5 Å². The number of hydrogen-bond donors (Lipinski definition) is 1. The van der Waals surface area contributed by atoms with Crippen molar-refractivity contribution in [1.29, 1.82) is 0 Å². The molecule has 6 nitrogen and oxygen atoms in total. The molecule has 0 aliphatic carbocycles. The van der Waals surface area contributed by atoms with Crippen molar-refractivity contribution in [3.63, 3.8) is 0 Å². The van der Waals surface area contributed by atoms with Gasteiger partial charge >= 0.3 is 5.69 Å². The number of halogens is 1. The smallest absolute Gasteiger partial charge is 0.365 e. The minimum absolute atomic E-state index is 0.470. The molecule has 1 aromatic rings. The second kappa shape index (κ2) is 2.45. The average molecular weight is 158 g/mol. The summed E-state index contributed by atoms with van der Waals surface area (Å²) in [5.41, 5.74) is 4.11.